The van der Waals surface area contributed by atoms with Crippen LogP contribution in [0.3, 0.4) is 0 Å². The molecular weight excluding hydrogens is 262 g/mol. The Kier molecular flexibility index (Phi) is 4.37. The molecular formula is C9H11N3O5S. The van der Waals surface area contributed by atoms with Crippen molar-refractivity contribution in [2.24, 2.45) is 11.5 Å². The first-order chi connectivity index (χ1) is 8.33. The number of nitrogens with one attached hydrogen (secondary N) is 1. The summed E-state index contributed by atoms with van der Waals surface area (Å²) in [7, 11) is -3.93. The van der Waals surface area contributed by atoms with Crippen LogP contribution < -0.4 is 16.4 Å². The molecule has 0 spiro atoms. The lowest BCUT2D eigenvalue weighted by molar-refractivity contribution is -0.123. The SMILES string of the molecule is NC(=O)CONS(=O)(=O)c1ccc(C(N)=O)cc1. The highest BCUT2D eigenvalue weighted by Gasteiger charge is 2.14. The molecule has 18 heavy (non-hydrogen) atoms. The first kappa shape index (κ1) is 14.1. The molecule has 1 rings (SSSR count). The second kappa shape index (κ2) is 5.58. The minimum Gasteiger partial charge on any atom is -0.368 e. The Balaban J connectivity index is 2.79. The molecule has 8 nitrogen and oxygen atoms in total. The second-order valence-electron chi connectivity index (χ2n) is 3.23. The van der Waals surface area contributed by atoms with E-state index in [4.69, 9.17) is 11.5 Å². The van der Waals surface area contributed by atoms with Gasteiger partial charge in [0.05, 0.1) is 4.90 Å². The molecule has 0 aliphatic rings. The zero-order valence-corrected chi connectivity index (χ0v) is 9.94. The Morgan fingerprint density at radius 1 is 1.17 bits per heavy atom. The van der Waals surface area contributed by atoms with Crippen molar-refractivity contribution in [3.8, 4) is 0 Å². The molecule has 0 aliphatic heterocycles. The van der Waals surface area contributed by atoms with Gasteiger partial charge in [0.15, 0.2) is 0 Å². The van der Waals surface area contributed by atoms with Gasteiger partial charge in [-0.15, -0.1) is 0 Å². The fourth-order valence-corrected chi connectivity index (χ4v) is 1.83. The highest BCUT2D eigenvalue weighted by molar-refractivity contribution is 7.89. The first-order valence-corrected chi connectivity index (χ1v) is 6.13. The summed E-state index contributed by atoms with van der Waals surface area (Å²) in [6.45, 7) is -0.585. The Labute approximate surface area is 103 Å². The van der Waals surface area contributed by atoms with Crippen LogP contribution in [0.4, 0.5) is 0 Å². The van der Waals surface area contributed by atoms with Crippen molar-refractivity contribution in [2.45, 2.75) is 4.90 Å². The summed E-state index contributed by atoms with van der Waals surface area (Å²) in [5, 5.41) is 0. The highest BCUT2D eigenvalue weighted by atomic mass is 32.2. The molecule has 2 amide bonds. The van der Waals surface area contributed by atoms with Crippen LogP contribution in [0.2, 0.25) is 0 Å². The van der Waals surface area contributed by atoms with E-state index in [1.165, 1.54) is 24.3 Å². The molecule has 0 unspecified atom stereocenters. The summed E-state index contributed by atoms with van der Waals surface area (Å²) >= 11 is 0. The topological polar surface area (TPSA) is 142 Å². The molecule has 9 heteroatoms. The second-order valence-corrected chi connectivity index (χ2v) is 4.88. The zero-order chi connectivity index (χ0) is 13.8. The molecule has 0 radical (unpaired) electrons. The van der Waals surface area contributed by atoms with Crippen LogP contribution in [0.25, 0.3) is 0 Å². The average molecular weight is 273 g/mol. The average Bonchev–Trinajstić information content (AvgIpc) is 2.28. The summed E-state index contributed by atoms with van der Waals surface area (Å²) in [6.07, 6.45) is 0. The normalized spacial score (nSPS) is 11.1. The third-order valence-corrected chi connectivity index (χ3v) is 3.06. The van der Waals surface area contributed by atoms with E-state index in [0.29, 0.717) is 0 Å². The zero-order valence-electron chi connectivity index (χ0n) is 9.12. The maximum atomic E-state index is 11.6. The summed E-state index contributed by atoms with van der Waals surface area (Å²) in [6, 6.07) is 4.86. The van der Waals surface area contributed by atoms with Gasteiger partial charge in [-0.25, -0.2) is 8.42 Å². The standard InChI is InChI=1S/C9H11N3O5S/c10-8(13)5-17-12-18(15,16)7-3-1-6(2-4-7)9(11)14/h1-4,12H,5H2,(H2,10,13)(H2,11,14). The maximum absolute atomic E-state index is 11.6. The van der Waals surface area contributed by atoms with Gasteiger partial charge in [-0.1, -0.05) is 4.89 Å². The third-order valence-electron chi connectivity index (χ3n) is 1.83. The van der Waals surface area contributed by atoms with E-state index in [2.05, 4.69) is 4.84 Å². The third kappa shape index (κ3) is 3.80. The van der Waals surface area contributed by atoms with Gasteiger partial charge in [0, 0.05) is 5.56 Å². The monoisotopic (exact) mass is 273 g/mol. The van der Waals surface area contributed by atoms with E-state index in [0.717, 1.165) is 0 Å². The molecule has 98 valence electrons. The van der Waals surface area contributed by atoms with Gasteiger partial charge < -0.3 is 11.5 Å². The molecule has 0 fully saturated rings. The van der Waals surface area contributed by atoms with E-state index in [1.54, 1.807) is 4.89 Å². The van der Waals surface area contributed by atoms with Crippen LogP contribution >= 0.6 is 0 Å². The van der Waals surface area contributed by atoms with Crippen LogP contribution in [0.1, 0.15) is 10.4 Å². The van der Waals surface area contributed by atoms with Gasteiger partial charge in [0.25, 0.3) is 10.0 Å². The van der Waals surface area contributed by atoms with Gasteiger partial charge in [0.2, 0.25) is 11.8 Å². The first-order valence-electron chi connectivity index (χ1n) is 4.64. The van der Waals surface area contributed by atoms with Gasteiger partial charge >= 0.3 is 0 Å². The number of amides is 2. The Morgan fingerprint density at radius 3 is 2.17 bits per heavy atom. The van der Waals surface area contributed by atoms with Crippen LogP contribution in [0, 0.1) is 0 Å². The number of benzene rings is 1. The van der Waals surface area contributed by atoms with Crippen molar-refractivity contribution in [2.75, 3.05) is 6.61 Å². The highest BCUT2D eigenvalue weighted by Crippen LogP contribution is 2.10. The number of hydrogen-bond donors (Lipinski definition) is 3. The van der Waals surface area contributed by atoms with Gasteiger partial charge in [-0.05, 0) is 24.3 Å². The van der Waals surface area contributed by atoms with Gasteiger partial charge in [-0.3, -0.25) is 14.4 Å². The van der Waals surface area contributed by atoms with Crippen LogP contribution in [0.15, 0.2) is 29.2 Å². The predicted molar refractivity (Wildman–Crippen MR) is 60.4 cm³/mol. The number of primary amides is 2. The largest absolute Gasteiger partial charge is 0.368 e. The Hall–Kier alpha value is -1.97. The molecule has 0 bridgehead atoms. The lowest BCUT2D eigenvalue weighted by Gasteiger charge is -2.06. The minimum absolute atomic E-state index is 0.142. The number of hydrogen-bond acceptors (Lipinski definition) is 5. The van der Waals surface area contributed by atoms with Crippen molar-refractivity contribution >= 4 is 21.8 Å². The predicted octanol–water partition coefficient (Wildman–Crippen LogP) is -1.52. The van der Waals surface area contributed by atoms with E-state index in [1.807, 2.05) is 0 Å². The van der Waals surface area contributed by atoms with E-state index in [9.17, 15) is 18.0 Å². The Bertz CT molecular complexity index is 552. The number of carbonyl (C=O) groups is 2. The maximum Gasteiger partial charge on any atom is 0.262 e. The molecule has 1 aromatic rings. The molecule has 0 heterocycles. The van der Waals surface area contributed by atoms with Crippen molar-refractivity contribution in [3.63, 3.8) is 0 Å². The minimum atomic E-state index is -3.93. The quantitative estimate of drug-likeness (QED) is 0.539. The van der Waals surface area contributed by atoms with Crippen molar-refractivity contribution in [1.82, 2.24) is 4.89 Å². The molecule has 0 atom stereocenters. The molecule has 0 saturated carbocycles. The van der Waals surface area contributed by atoms with Crippen molar-refractivity contribution in [3.05, 3.63) is 29.8 Å². The van der Waals surface area contributed by atoms with Gasteiger partial charge in [0.1, 0.15) is 6.61 Å². The lowest BCUT2D eigenvalue weighted by Crippen LogP contribution is -2.29. The molecule has 5 N–H and O–H groups in total. The van der Waals surface area contributed by atoms with E-state index < -0.39 is 28.4 Å². The Morgan fingerprint density at radius 2 is 1.72 bits per heavy atom. The van der Waals surface area contributed by atoms with Crippen LogP contribution in [-0.2, 0) is 19.7 Å². The molecule has 0 saturated heterocycles. The molecule has 1 aromatic carbocycles. The molecule has 0 aromatic heterocycles. The summed E-state index contributed by atoms with van der Waals surface area (Å²) < 4.78 is 23.2. The number of rotatable bonds is 6. The smallest absolute Gasteiger partial charge is 0.262 e. The molecule has 0 aliphatic carbocycles. The van der Waals surface area contributed by atoms with Crippen molar-refractivity contribution in [1.29, 1.82) is 0 Å². The van der Waals surface area contributed by atoms with Crippen LogP contribution in [0.5, 0.6) is 0 Å². The summed E-state index contributed by atoms with van der Waals surface area (Å²) in [5.74, 6) is -1.49. The lowest BCUT2D eigenvalue weighted by atomic mass is 10.2. The summed E-state index contributed by atoms with van der Waals surface area (Å²) in [5.41, 5.74) is 9.94. The summed E-state index contributed by atoms with van der Waals surface area (Å²) in [4.78, 5) is 27.1. The fraction of sp³-hybridized carbons (Fsp3) is 0.111. The number of sulfonamides is 1. The van der Waals surface area contributed by atoms with Crippen molar-refractivity contribution < 1.29 is 22.8 Å². The van der Waals surface area contributed by atoms with Gasteiger partial charge in [-0.2, -0.15) is 0 Å². The number of nitrogens with two attached hydrogens (primary N) is 2. The van der Waals surface area contributed by atoms with E-state index in [-0.39, 0.29) is 10.5 Å². The van der Waals surface area contributed by atoms with E-state index >= 15 is 0 Å². The fourth-order valence-electron chi connectivity index (χ4n) is 1.02. The number of carbonyl (C=O) groups excluding carboxylic acids is 2. The van der Waals surface area contributed by atoms with Crippen LogP contribution in [-0.4, -0.2) is 26.8 Å².